The molecule has 2 amide bonds. The summed E-state index contributed by atoms with van der Waals surface area (Å²) in [4.78, 5) is 25.0. The van der Waals surface area contributed by atoms with Crippen LogP contribution >= 0.6 is 15.9 Å². The summed E-state index contributed by atoms with van der Waals surface area (Å²) in [5.74, 6) is -1.68. The van der Waals surface area contributed by atoms with Gasteiger partial charge < -0.3 is 10.6 Å². The highest BCUT2D eigenvalue weighted by Crippen LogP contribution is 2.18. The number of nitrogens with one attached hydrogen (secondary N) is 2. The first-order valence-corrected chi connectivity index (χ1v) is 9.20. The highest BCUT2D eigenvalue weighted by atomic mass is 79.9. The van der Waals surface area contributed by atoms with Crippen molar-refractivity contribution in [2.75, 3.05) is 0 Å². The van der Waals surface area contributed by atoms with Crippen molar-refractivity contribution in [1.82, 2.24) is 10.6 Å². The first kappa shape index (κ1) is 20.1. The van der Waals surface area contributed by atoms with Crippen molar-refractivity contribution >= 4 is 27.7 Å². The van der Waals surface area contributed by atoms with Gasteiger partial charge in [-0.05, 0) is 42.7 Å². The van der Waals surface area contributed by atoms with Crippen LogP contribution in [0.4, 0.5) is 4.39 Å². The lowest BCUT2D eigenvalue weighted by molar-refractivity contribution is -0.124. The van der Waals surface area contributed by atoms with Gasteiger partial charge >= 0.3 is 0 Å². The average Bonchev–Trinajstić information content (AvgIpc) is 2.59. The van der Waals surface area contributed by atoms with Gasteiger partial charge in [-0.3, -0.25) is 9.59 Å². The van der Waals surface area contributed by atoms with Gasteiger partial charge in [0.05, 0.1) is 11.6 Å². The molecule has 0 aliphatic rings. The summed E-state index contributed by atoms with van der Waals surface area (Å²) < 4.78 is 14.7. The molecule has 2 N–H and O–H groups in total. The molecule has 2 aromatic rings. The summed E-state index contributed by atoms with van der Waals surface area (Å²) >= 11 is 3.41. The van der Waals surface area contributed by atoms with E-state index in [1.54, 1.807) is 6.07 Å². The topological polar surface area (TPSA) is 58.2 Å². The molecule has 26 heavy (non-hydrogen) atoms. The lowest BCUT2D eigenvalue weighted by Crippen LogP contribution is -2.50. The van der Waals surface area contributed by atoms with Gasteiger partial charge in [0.1, 0.15) is 11.9 Å². The molecule has 0 radical (unpaired) electrons. The molecule has 0 bridgehead atoms. The fourth-order valence-electron chi connectivity index (χ4n) is 2.56. The summed E-state index contributed by atoms with van der Waals surface area (Å²) in [7, 11) is 0. The summed E-state index contributed by atoms with van der Waals surface area (Å²) in [5, 5.41) is 5.55. The van der Waals surface area contributed by atoms with E-state index in [0.717, 1.165) is 10.0 Å². The number of carbonyl (C=O) groups is 2. The highest BCUT2D eigenvalue weighted by molar-refractivity contribution is 9.10. The first-order valence-electron chi connectivity index (χ1n) is 8.41. The van der Waals surface area contributed by atoms with E-state index in [1.165, 1.54) is 18.2 Å². The Morgan fingerprint density at radius 1 is 1.00 bits per heavy atom. The van der Waals surface area contributed by atoms with Crippen LogP contribution in [-0.4, -0.2) is 17.9 Å². The van der Waals surface area contributed by atoms with Crippen LogP contribution in [0.15, 0.2) is 53.0 Å². The number of halogens is 2. The van der Waals surface area contributed by atoms with E-state index in [9.17, 15) is 14.0 Å². The maximum absolute atomic E-state index is 13.8. The number of benzene rings is 2. The second-order valence-corrected chi connectivity index (χ2v) is 7.38. The Hall–Kier alpha value is -2.21. The van der Waals surface area contributed by atoms with Crippen molar-refractivity contribution in [2.45, 2.75) is 32.9 Å². The molecule has 0 saturated heterocycles. The number of rotatable bonds is 6. The van der Waals surface area contributed by atoms with Gasteiger partial charge in [-0.2, -0.15) is 0 Å². The van der Waals surface area contributed by atoms with Crippen LogP contribution in [0.25, 0.3) is 0 Å². The largest absolute Gasteiger partial charge is 0.348 e. The minimum absolute atomic E-state index is 0.0778. The molecule has 0 spiro atoms. The quantitative estimate of drug-likeness (QED) is 0.734. The van der Waals surface area contributed by atoms with Crippen LogP contribution in [0.5, 0.6) is 0 Å². The maximum Gasteiger partial charge on any atom is 0.254 e. The van der Waals surface area contributed by atoms with E-state index in [2.05, 4.69) is 26.6 Å². The van der Waals surface area contributed by atoms with Crippen LogP contribution in [0, 0.1) is 11.7 Å². The molecule has 138 valence electrons. The van der Waals surface area contributed by atoms with E-state index < -0.39 is 17.8 Å². The van der Waals surface area contributed by atoms with Crippen molar-refractivity contribution < 1.29 is 14.0 Å². The zero-order valence-electron chi connectivity index (χ0n) is 14.9. The van der Waals surface area contributed by atoms with Crippen LogP contribution < -0.4 is 10.6 Å². The molecule has 0 aromatic heterocycles. The Bertz CT molecular complexity index is 795. The Morgan fingerprint density at radius 3 is 2.31 bits per heavy atom. The average molecular weight is 421 g/mol. The van der Waals surface area contributed by atoms with Gasteiger partial charge in [0.2, 0.25) is 5.91 Å². The predicted octanol–water partition coefficient (Wildman–Crippen LogP) is 4.22. The lowest BCUT2D eigenvalue weighted by Gasteiger charge is -2.24. The second kappa shape index (κ2) is 8.94. The van der Waals surface area contributed by atoms with Gasteiger partial charge in [-0.25, -0.2) is 4.39 Å². The molecular weight excluding hydrogens is 399 g/mol. The smallest absolute Gasteiger partial charge is 0.254 e. The van der Waals surface area contributed by atoms with Crippen molar-refractivity contribution in [3.63, 3.8) is 0 Å². The standard InChI is InChI=1S/C20H22BrFN2O2/c1-12(2)18(24-19(25)16-9-4-5-10-17(16)22)20(26)23-13(3)14-7-6-8-15(21)11-14/h4-13,18H,1-3H3,(H,23,26)(H,24,25). The third kappa shape index (κ3) is 5.14. The van der Waals surface area contributed by atoms with Gasteiger partial charge in [0.25, 0.3) is 5.91 Å². The summed E-state index contributed by atoms with van der Waals surface area (Å²) in [5.41, 5.74) is 0.863. The van der Waals surface area contributed by atoms with Gasteiger partial charge in [-0.15, -0.1) is 0 Å². The van der Waals surface area contributed by atoms with E-state index in [0.29, 0.717) is 0 Å². The Kier molecular flexibility index (Phi) is 6.91. The lowest BCUT2D eigenvalue weighted by atomic mass is 10.0. The van der Waals surface area contributed by atoms with E-state index in [-0.39, 0.29) is 23.4 Å². The third-order valence-electron chi connectivity index (χ3n) is 4.06. The van der Waals surface area contributed by atoms with E-state index >= 15 is 0 Å². The van der Waals surface area contributed by atoms with Crippen LogP contribution in [0.3, 0.4) is 0 Å². The fourth-order valence-corrected chi connectivity index (χ4v) is 2.98. The molecule has 0 fully saturated rings. The Labute approximate surface area is 161 Å². The Balaban J connectivity index is 2.10. The van der Waals surface area contributed by atoms with Gasteiger partial charge in [0.15, 0.2) is 0 Å². The number of carbonyl (C=O) groups excluding carboxylic acids is 2. The molecule has 0 aliphatic heterocycles. The van der Waals surface area contributed by atoms with Crippen LogP contribution in [0.1, 0.15) is 42.7 Å². The summed E-state index contributed by atoms with van der Waals surface area (Å²) in [6.45, 7) is 5.53. The first-order chi connectivity index (χ1) is 12.3. The molecule has 6 heteroatoms. The number of amides is 2. The van der Waals surface area contributed by atoms with E-state index in [1.807, 2.05) is 45.0 Å². The summed E-state index contributed by atoms with van der Waals surface area (Å²) in [6.07, 6.45) is 0. The highest BCUT2D eigenvalue weighted by Gasteiger charge is 2.26. The van der Waals surface area contributed by atoms with Crippen molar-refractivity contribution in [3.05, 3.63) is 69.9 Å². The fraction of sp³-hybridized carbons (Fsp3) is 0.300. The molecule has 2 unspecified atom stereocenters. The number of hydrogen-bond donors (Lipinski definition) is 2. The SMILES string of the molecule is CC(NC(=O)C(NC(=O)c1ccccc1F)C(C)C)c1cccc(Br)c1. The zero-order chi connectivity index (χ0) is 19.3. The molecule has 0 saturated carbocycles. The summed E-state index contributed by atoms with van der Waals surface area (Å²) in [6, 6.07) is 12.3. The van der Waals surface area contributed by atoms with Crippen molar-refractivity contribution in [2.24, 2.45) is 5.92 Å². The van der Waals surface area contributed by atoms with Crippen molar-refractivity contribution in [3.8, 4) is 0 Å². The molecular formula is C20H22BrFN2O2. The normalized spacial score (nSPS) is 13.2. The molecule has 0 heterocycles. The second-order valence-electron chi connectivity index (χ2n) is 6.46. The van der Waals surface area contributed by atoms with Gasteiger partial charge in [0, 0.05) is 4.47 Å². The minimum atomic E-state index is -0.767. The van der Waals surface area contributed by atoms with Crippen LogP contribution in [0.2, 0.25) is 0 Å². The molecule has 2 rings (SSSR count). The van der Waals surface area contributed by atoms with Gasteiger partial charge in [-0.1, -0.05) is 54.0 Å². The predicted molar refractivity (Wildman–Crippen MR) is 103 cm³/mol. The maximum atomic E-state index is 13.8. The zero-order valence-corrected chi connectivity index (χ0v) is 16.5. The minimum Gasteiger partial charge on any atom is -0.348 e. The molecule has 0 aliphatic carbocycles. The molecule has 4 nitrogen and oxygen atoms in total. The van der Waals surface area contributed by atoms with Crippen molar-refractivity contribution in [1.29, 1.82) is 0 Å². The molecule has 2 aromatic carbocycles. The molecule has 2 atom stereocenters. The Morgan fingerprint density at radius 2 is 1.69 bits per heavy atom. The van der Waals surface area contributed by atoms with Crippen LogP contribution in [-0.2, 0) is 4.79 Å². The third-order valence-corrected chi connectivity index (χ3v) is 4.55. The number of hydrogen-bond acceptors (Lipinski definition) is 2. The van der Waals surface area contributed by atoms with E-state index in [4.69, 9.17) is 0 Å². The monoisotopic (exact) mass is 420 g/mol.